The van der Waals surface area contributed by atoms with Crippen molar-refractivity contribution in [1.29, 1.82) is 0 Å². The molecule has 9 heteroatoms. The lowest BCUT2D eigenvalue weighted by molar-refractivity contribution is 0.0728. The molecule has 0 atom stereocenters. The van der Waals surface area contributed by atoms with Gasteiger partial charge in [0.15, 0.2) is 5.76 Å². The third-order valence-corrected chi connectivity index (χ3v) is 4.24. The second-order valence-electron chi connectivity index (χ2n) is 6.48. The summed E-state index contributed by atoms with van der Waals surface area (Å²) < 4.78 is 10.9. The van der Waals surface area contributed by atoms with Gasteiger partial charge in [-0.3, -0.25) is 4.79 Å². The molecule has 0 fully saturated rings. The van der Waals surface area contributed by atoms with Gasteiger partial charge in [-0.25, -0.2) is 9.97 Å². The fourth-order valence-corrected chi connectivity index (χ4v) is 2.91. The van der Waals surface area contributed by atoms with Crippen molar-refractivity contribution in [3.63, 3.8) is 0 Å². The van der Waals surface area contributed by atoms with Crippen LogP contribution in [0.15, 0.2) is 70.0 Å². The van der Waals surface area contributed by atoms with Crippen molar-refractivity contribution in [2.75, 3.05) is 11.9 Å². The lowest BCUT2D eigenvalue weighted by Crippen LogP contribution is -2.31. The highest BCUT2D eigenvalue weighted by Gasteiger charge is 2.20. The highest BCUT2D eigenvalue weighted by Crippen LogP contribution is 2.20. The van der Waals surface area contributed by atoms with Gasteiger partial charge in [0.2, 0.25) is 11.8 Å². The molecule has 3 aromatic heterocycles. The smallest absolute Gasteiger partial charge is 0.283 e. The molecule has 30 heavy (non-hydrogen) atoms. The standard InChI is InChI=1S/C21H20N6O3/c1-2-11-27(14-18-25-26-19(30-18)17-8-4-12-29-17)20(28)15-6-3-7-16(13-15)24-21-22-9-5-10-23-21/h3-10,12-13H,2,11,14H2,1H3,(H,22,23,24). The van der Waals surface area contributed by atoms with E-state index in [0.29, 0.717) is 29.7 Å². The van der Waals surface area contributed by atoms with E-state index in [1.165, 1.54) is 6.26 Å². The zero-order valence-corrected chi connectivity index (χ0v) is 16.4. The second kappa shape index (κ2) is 8.99. The number of nitrogens with zero attached hydrogens (tertiary/aromatic N) is 5. The van der Waals surface area contributed by atoms with Gasteiger partial charge in [0, 0.05) is 30.2 Å². The number of hydrogen-bond acceptors (Lipinski definition) is 8. The minimum absolute atomic E-state index is 0.132. The average molecular weight is 404 g/mol. The van der Waals surface area contributed by atoms with Crippen LogP contribution in [0.25, 0.3) is 11.7 Å². The first-order valence-corrected chi connectivity index (χ1v) is 9.52. The van der Waals surface area contributed by atoms with Crippen molar-refractivity contribution in [2.45, 2.75) is 19.9 Å². The van der Waals surface area contributed by atoms with E-state index in [0.717, 1.165) is 12.1 Å². The van der Waals surface area contributed by atoms with Crippen LogP contribution in [0.1, 0.15) is 29.6 Å². The quantitative estimate of drug-likeness (QED) is 0.470. The number of furan rings is 1. The second-order valence-corrected chi connectivity index (χ2v) is 6.48. The van der Waals surface area contributed by atoms with Crippen LogP contribution in [-0.4, -0.2) is 37.5 Å². The summed E-state index contributed by atoms with van der Waals surface area (Å²) >= 11 is 0. The van der Waals surface area contributed by atoms with Crippen LogP contribution >= 0.6 is 0 Å². The fourth-order valence-electron chi connectivity index (χ4n) is 2.91. The fraction of sp³-hybridized carbons (Fsp3) is 0.190. The molecule has 0 radical (unpaired) electrons. The summed E-state index contributed by atoms with van der Waals surface area (Å²) in [6, 6.07) is 12.4. The molecule has 0 spiro atoms. The molecule has 0 bridgehead atoms. The minimum atomic E-state index is -0.132. The predicted octanol–water partition coefficient (Wildman–Crippen LogP) is 3.92. The Labute approximate surface area is 172 Å². The van der Waals surface area contributed by atoms with Crippen LogP contribution in [0, 0.1) is 0 Å². The Morgan fingerprint density at radius 3 is 2.73 bits per heavy atom. The molecule has 0 saturated carbocycles. The maximum absolute atomic E-state index is 13.1. The van der Waals surface area contributed by atoms with E-state index in [2.05, 4.69) is 25.5 Å². The van der Waals surface area contributed by atoms with Gasteiger partial charge in [0.05, 0.1) is 12.8 Å². The summed E-state index contributed by atoms with van der Waals surface area (Å²) in [6.45, 7) is 2.77. The van der Waals surface area contributed by atoms with Gasteiger partial charge in [-0.1, -0.05) is 13.0 Å². The number of carbonyl (C=O) groups is 1. The number of anilines is 2. The molecule has 0 saturated heterocycles. The van der Waals surface area contributed by atoms with Crippen LogP contribution in [-0.2, 0) is 6.54 Å². The number of rotatable bonds is 8. The topological polar surface area (TPSA) is 110 Å². The maximum Gasteiger partial charge on any atom is 0.283 e. The Balaban J connectivity index is 1.50. The molecule has 0 aliphatic carbocycles. The first kappa shape index (κ1) is 19.3. The lowest BCUT2D eigenvalue weighted by Gasteiger charge is -2.20. The van der Waals surface area contributed by atoms with Gasteiger partial charge in [-0.15, -0.1) is 10.2 Å². The van der Waals surface area contributed by atoms with Gasteiger partial charge in [-0.2, -0.15) is 0 Å². The van der Waals surface area contributed by atoms with Gasteiger partial charge in [-0.05, 0) is 42.8 Å². The maximum atomic E-state index is 13.1. The Hall–Kier alpha value is -4.01. The van der Waals surface area contributed by atoms with Crippen molar-refractivity contribution >= 4 is 17.5 Å². The van der Waals surface area contributed by atoms with Crippen LogP contribution in [0.4, 0.5) is 11.6 Å². The number of aromatic nitrogens is 4. The highest BCUT2D eigenvalue weighted by atomic mass is 16.4. The molecule has 0 aliphatic rings. The summed E-state index contributed by atoms with van der Waals surface area (Å²) in [7, 11) is 0. The molecule has 0 unspecified atom stereocenters. The number of carbonyl (C=O) groups excluding carboxylic acids is 1. The number of nitrogens with one attached hydrogen (secondary N) is 1. The van der Waals surface area contributed by atoms with Gasteiger partial charge < -0.3 is 19.1 Å². The van der Waals surface area contributed by atoms with E-state index in [9.17, 15) is 4.79 Å². The van der Waals surface area contributed by atoms with Gasteiger partial charge >= 0.3 is 0 Å². The first-order valence-electron chi connectivity index (χ1n) is 9.52. The lowest BCUT2D eigenvalue weighted by atomic mass is 10.1. The highest BCUT2D eigenvalue weighted by molar-refractivity contribution is 5.95. The molecule has 4 aromatic rings. The molecule has 1 amide bonds. The summed E-state index contributed by atoms with van der Waals surface area (Å²) in [4.78, 5) is 23.1. The van der Waals surface area contributed by atoms with Crippen molar-refractivity contribution < 1.29 is 13.6 Å². The SMILES string of the molecule is CCCN(Cc1nnc(-c2ccco2)o1)C(=O)c1cccc(Nc2ncccn2)c1. The van der Waals surface area contributed by atoms with Gasteiger partial charge in [0.25, 0.3) is 11.8 Å². The largest absolute Gasteiger partial charge is 0.459 e. The van der Waals surface area contributed by atoms with Crippen molar-refractivity contribution in [2.24, 2.45) is 0 Å². The summed E-state index contributed by atoms with van der Waals surface area (Å²) in [5.41, 5.74) is 1.26. The first-order chi connectivity index (χ1) is 14.7. The van der Waals surface area contributed by atoms with Gasteiger partial charge in [0.1, 0.15) is 0 Å². The van der Waals surface area contributed by atoms with E-state index in [1.54, 1.807) is 47.6 Å². The molecule has 1 aromatic carbocycles. The van der Waals surface area contributed by atoms with E-state index >= 15 is 0 Å². The zero-order valence-electron chi connectivity index (χ0n) is 16.4. The van der Waals surface area contributed by atoms with Crippen LogP contribution in [0.5, 0.6) is 0 Å². The monoisotopic (exact) mass is 404 g/mol. The molecule has 0 aliphatic heterocycles. The number of amides is 1. The average Bonchev–Trinajstić information content (AvgIpc) is 3.46. The Kier molecular flexibility index (Phi) is 5.79. The van der Waals surface area contributed by atoms with E-state index < -0.39 is 0 Å². The Morgan fingerprint density at radius 1 is 1.10 bits per heavy atom. The molecule has 4 rings (SSSR count). The predicted molar refractivity (Wildman–Crippen MR) is 109 cm³/mol. The molecular formula is C21H20N6O3. The summed E-state index contributed by atoms with van der Waals surface area (Å²) in [6.07, 6.45) is 5.62. The number of hydrogen-bond donors (Lipinski definition) is 1. The molecule has 1 N–H and O–H groups in total. The molecule has 3 heterocycles. The Bertz CT molecular complexity index is 1090. The third kappa shape index (κ3) is 4.52. The summed E-state index contributed by atoms with van der Waals surface area (Å²) in [5, 5.41) is 11.1. The van der Waals surface area contributed by atoms with E-state index in [-0.39, 0.29) is 18.3 Å². The van der Waals surface area contributed by atoms with Crippen LogP contribution in [0.2, 0.25) is 0 Å². The van der Waals surface area contributed by atoms with E-state index in [1.807, 2.05) is 19.1 Å². The third-order valence-electron chi connectivity index (χ3n) is 4.24. The van der Waals surface area contributed by atoms with E-state index in [4.69, 9.17) is 8.83 Å². The molecule has 152 valence electrons. The zero-order chi connectivity index (χ0) is 20.8. The minimum Gasteiger partial charge on any atom is -0.459 e. The number of benzene rings is 1. The Morgan fingerprint density at radius 2 is 1.97 bits per heavy atom. The molecular weight excluding hydrogens is 384 g/mol. The molecule has 9 nitrogen and oxygen atoms in total. The van der Waals surface area contributed by atoms with Crippen LogP contribution < -0.4 is 5.32 Å². The van der Waals surface area contributed by atoms with Crippen LogP contribution in [0.3, 0.4) is 0 Å². The van der Waals surface area contributed by atoms with Crippen molar-refractivity contribution in [3.05, 3.63) is 72.6 Å². The normalized spacial score (nSPS) is 10.7. The summed E-state index contributed by atoms with van der Waals surface area (Å²) in [5.74, 6) is 1.45. The van der Waals surface area contributed by atoms with Crippen molar-refractivity contribution in [1.82, 2.24) is 25.1 Å². The van der Waals surface area contributed by atoms with Crippen molar-refractivity contribution in [3.8, 4) is 11.7 Å².